The van der Waals surface area contributed by atoms with Crippen molar-refractivity contribution in [2.75, 3.05) is 10.6 Å². The minimum absolute atomic E-state index is 0.0193. The Kier molecular flexibility index (Phi) is 6.38. The first-order valence-corrected chi connectivity index (χ1v) is 9.99. The molecule has 0 saturated carbocycles. The van der Waals surface area contributed by atoms with Gasteiger partial charge in [-0.2, -0.15) is 0 Å². The monoisotopic (exact) mass is 444 g/mol. The summed E-state index contributed by atoms with van der Waals surface area (Å²) in [7, 11) is 0. The van der Waals surface area contributed by atoms with Gasteiger partial charge in [-0.3, -0.25) is 14.9 Å². The zero-order valence-electron chi connectivity index (χ0n) is 16.7. The maximum atomic E-state index is 12.6. The van der Waals surface area contributed by atoms with Gasteiger partial charge in [0.2, 0.25) is 11.8 Å². The summed E-state index contributed by atoms with van der Waals surface area (Å²) >= 11 is 5.85. The van der Waals surface area contributed by atoms with E-state index in [4.69, 9.17) is 16.0 Å². The first-order chi connectivity index (χ1) is 15.6. The van der Waals surface area contributed by atoms with Crippen molar-refractivity contribution >= 4 is 41.2 Å². The number of carbonyl (C=O) groups excluding carboxylic acids is 2. The Morgan fingerprint density at radius 2 is 1.66 bits per heavy atom. The number of hydrogen-bond donors (Lipinski definition) is 2. The quantitative estimate of drug-likeness (QED) is 0.393. The molecule has 3 aromatic carbocycles. The molecule has 0 aliphatic rings. The van der Waals surface area contributed by atoms with Crippen LogP contribution in [0.25, 0.3) is 17.5 Å². The molecule has 4 aromatic rings. The van der Waals surface area contributed by atoms with Crippen LogP contribution in [0.2, 0.25) is 5.02 Å². The fourth-order valence-electron chi connectivity index (χ4n) is 2.81. The number of benzene rings is 3. The van der Waals surface area contributed by atoms with Gasteiger partial charge in [-0.15, -0.1) is 5.10 Å². The van der Waals surface area contributed by atoms with Crippen molar-refractivity contribution in [2.24, 2.45) is 0 Å². The Morgan fingerprint density at radius 3 is 2.44 bits per heavy atom. The SMILES string of the molecule is O=C(/C=C/c1ccc(Cl)cc1)Nc1cccc(C(=O)Nc2nnc(-c3ccccc3)o2)c1. The maximum Gasteiger partial charge on any atom is 0.322 e. The maximum absolute atomic E-state index is 12.6. The summed E-state index contributed by atoms with van der Waals surface area (Å²) in [5, 5.41) is 13.7. The minimum Gasteiger partial charge on any atom is -0.403 e. The van der Waals surface area contributed by atoms with Gasteiger partial charge >= 0.3 is 6.01 Å². The molecule has 4 rings (SSSR count). The molecule has 158 valence electrons. The van der Waals surface area contributed by atoms with Gasteiger partial charge in [0, 0.05) is 27.9 Å². The van der Waals surface area contributed by atoms with Crippen LogP contribution in [0.3, 0.4) is 0 Å². The van der Waals surface area contributed by atoms with Crippen LogP contribution in [0, 0.1) is 0 Å². The highest BCUT2D eigenvalue weighted by molar-refractivity contribution is 6.30. The third-order valence-electron chi connectivity index (χ3n) is 4.36. The molecular weight excluding hydrogens is 428 g/mol. The van der Waals surface area contributed by atoms with Crippen molar-refractivity contribution in [3.63, 3.8) is 0 Å². The van der Waals surface area contributed by atoms with E-state index in [0.29, 0.717) is 22.2 Å². The zero-order valence-corrected chi connectivity index (χ0v) is 17.4. The first-order valence-electron chi connectivity index (χ1n) is 9.62. The second kappa shape index (κ2) is 9.72. The standard InChI is InChI=1S/C24H17ClN4O3/c25-19-12-9-16(10-13-19)11-14-21(30)26-20-8-4-7-18(15-20)22(31)27-24-29-28-23(32-24)17-5-2-1-3-6-17/h1-15H,(H,26,30)(H,27,29,31)/b14-11+. The van der Waals surface area contributed by atoms with Gasteiger partial charge in [-0.25, -0.2) is 0 Å². The molecule has 0 aliphatic carbocycles. The number of nitrogens with one attached hydrogen (secondary N) is 2. The summed E-state index contributed by atoms with van der Waals surface area (Å²) in [4.78, 5) is 24.8. The number of carbonyl (C=O) groups is 2. The Bertz CT molecular complexity index is 1270. The number of rotatable bonds is 6. The van der Waals surface area contributed by atoms with E-state index >= 15 is 0 Å². The lowest BCUT2D eigenvalue weighted by Gasteiger charge is -2.05. The molecule has 0 unspecified atom stereocenters. The van der Waals surface area contributed by atoms with Crippen molar-refractivity contribution in [1.29, 1.82) is 0 Å². The molecule has 1 aromatic heterocycles. The summed E-state index contributed by atoms with van der Waals surface area (Å²) in [6, 6.07) is 22.8. The van der Waals surface area contributed by atoms with Crippen molar-refractivity contribution in [1.82, 2.24) is 10.2 Å². The van der Waals surface area contributed by atoms with Crippen LogP contribution in [-0.4, -0.2) is 22.0 Å². The van der Waals surface area contributed by atoms with Crippen LogP contribution in [0.4, 0.5) is 11.7 Å². The molecule has 0 atom stereocenters. The van der Waals surface area contributed by atoms with Crippen LogP contribution in [0.5, 0.6) is 0 Å². The molecule has 0 aliphatic heterocycles. The van der Waals surface area contributed by atoms with Crippen LogP contribution >= 0.6 is 11.6 Å². The van der Waals surface area contributed by atoms with Gasteiger partial charge in [-0.05, 0) is 54.1 Å². The molecule has 0 bridgehead atoms. The Balaban J connectivity index is 1.39. The van der Waals surface area contributed by atoms with E-state index < -0.39 is 5.91 Å². The van der Waals surface area contributed by atoms with E-state index in [1.165, 1.54) is 6.08 Å². The third kappa shape index (κ3) is 5.47. The summed E-state index contributed by atoms with van der Waals surface area (Å²) in [6.45, 7) is 0. The molecule has 2 amide bonds. The molecule has 0 fully saturated rings. The lowest BCUT2D eigenvalue weighted by atomic mass is 10.2. The fourth-order valence-corrected chi connectivity index (χ4v) is 2.93. The van der Waals surface area contributed by atoms with Gasteiger partial charge in [-0.1, -0.05) is 53.1 Å². The highest BCUT2D eigenvalue weighted by Crippen LogP contribution is 2.20. The zero-order chi connectivity index (χ0) is 22.3. The van der Waals surface area contributed by atoms with Crippen molar-refractivity contribution in [2.45, 2.75) is 0 Å². The van der Waals surface area contributed by atoms with E-state index in [1.54, 1.807) is 54.6 Å². The van der Waals surface area contributed by atoms with E-state index in [1.807, 2.05) is 30.3 Å². The lowest BCUT2D eigenvalue weighted by molar-refractivity contribution is -0.111. The highest BCUT2D eigenvalue weighted by Gasteiger charge is 2.13. The first kappa shape index (κ1) is 21.0. The summed E-state index contributed by atoms with van der Waals surface area (Å²) < 4.78 is 5.50. The number of halogens is 1. The fraction of sp³-hybridized carbons (Fsp3) is 0. The Hall–Kier alpha value is -4.23. The molecule has 0 radical (unpaired) electrons. The van der Waals surface area contributed by atoms with E-state index in [9.17, 15) is 9.59 Å². The lowest BCUT2D eigenvalue weighted by Crippen LogP contribution is -2.13. The molecule has 8 heteroatoms. The van der Waals surface area contributed by atoms with E-state index in [0.717, 1.165) is 11.1 Å². The number of anilines is 2. The van der Waals surface area contributed by atoms with Crippen LogP contribution < -0.4 is 10.6 Å². The van der Waals surface area contributed by atoms with Crippen molar-refractivity contribution < 1.29 is 14.0 Å². The molecule has 32 heavy (non-hydrogen) atoms. The normalized spacial score (nSPS) is 10.8. The van der Waals surface area contributed by atoms with Crippen molar-refractivity contribution in [3.05, 3.63) is 101 Å². The van der Waals surface area contributed by atoms with Crippen LogP contribution in [0.15, 0.2) is 89.4 Å². The molecule has 1 heterocycles. The second-order valence-corrected chi connectivity index (χ2v) is 7.12. The van der Waals surface area contributed by atoms with Gasteiger partial charge in [0.1, 0.15) is 0 Å². The predicted octanol–water partition coefficient (Wildman–Crippen LogP) is 5.29. The second-order valence-electron chi connectivity index (χ2n) is 6.69. The van der Waals surface area contributed by atoms with Gasteiger partial charge in [0.15, 0.2) is 0 Å². The molecule has 2 N–H and O–H groups in total. The third-order valence-corrected chi connectivity index (χ3v) is 4.61. The van der Waals surface area contributed by atoms with E-state index in [-0.39, 0.29) is 11.9 Å². The number of aromatic nitrogens is 2. The van der Waals surface area contributed by atoms with Crippen molar-refractivity contribution in [3.8, 4) is 11.5 Å². The number of amides is 2. The average molecular weight is 445 g/mol. The Morgan fingerprint density at radius 1 is 0.875 bits per heavy atom. The molecule has 0 spiro atoms. The number of nitrogens with zero attached hydrogens (tertiary/aromatic N) is 2. The van der Waals surface area contributed by atoms with Gasteiger partial charge < -0.3 is 9.73 Å². The summed E-state index contributed by atoms with van der Waals surface area (Å²) in [5.41, 5.74) is 2.38. The molecule has 7 nitrogen and oxygen atoms in total. The largest absolute Gasteiger partial charge is 0.403 e. The number of hydrogen-bond acceptors (Lipinski definition) is 5. The van der Waals surface area contributed by atoms with Gasteiger partial charge in [0.05, 0.1) is 0 Å². The average Bonchev–Trinajstić information content (AvgIpc) is 3.28. The molecular formula is C24H17ClN4O3. The van der Waals surface area contributed by atoms with E-state index in [2.05, 4.69) is 20.8 Å². The minimum atomic E-state index is -0.443. The van der Waals surface area contributed by atoms with Crippen LogP contribution in [-0.2, 0) is 4.79 Å². The molecule has 0 saturated heterocycles. The summed E-state index contributed by atoms with van der Waals surface area (Å²) in [6.07, 6.45) is 3.07. The summed E-state index contributed by atoms with van der Waals surface area (Å²) in [5.74, 6) is -0.475. The van der Waals surface area contributed by atoms with Gasteiger partial charge in [0.25, 0.3) is 5.91 Å². The highest BCUT2D eigenvalue weighted by atomic mass is 35.5. The predicted molar refractivity (Wildman–Crippen MR) is 123 cm³/mol. The van der Waals surface area contributed by atoms with Crippen LogP contribution in [0.1, 0.15) is 15.9 Å². The topological polar surface area (TPSA) is 97.1 Å². The Labute approximate surface area is 188 Å². The smallest absolute Gasteiger partial charge is 0.322 e.